The fourth-order valence-electron chi connectivity index (χ4n) is 4.82. The summed E-state index contributed by atoms with van der Waals surface area (Å²) < 4.78 is 53.6. The normalized spacial score (nSPS) is 19.4. The molecule has 0 spiro atoms. The van der Waals surface area contributed by atoms with E-state index in [9.17, 15) is 32.7 Å². The van der Waals surface area contributed by atoms with Crippen molar-refractivity contribution in [2.45, 2.75) is 89.6 Å². The van der Waals surface area contributed by atoms with Crippen molar-refractivity contribution in [3.05, 3.63) is 65.7 Å². The topological polar surface area (TPSA) is 114 Å². The first kappa shape index (κ1) is 31.7. The number of benzene rings is 2. The summed E-state index contributed by atoms with van der Waals surface area (Å²) in [5.74, 6) is -2.63. The number of rotatable bonds is 8. The molecular formula is C29H35F3N2O7. The Hall–Kier alpha value is -3.80. The summed E-state index contributed by atoms with van der Waals surface area (Å²) in [5, 5.41) is 13.0. The number of nitrogens with one attached hydrogen (secondary N) is 1. The molecule has 3 atom stereocenters. The van der Waals surface area contributed by atoms with Gasteiger partial charge >= 0.3 is 24.3 Å². The molecule has 0 unspecified atom stereocenters. The highest BCUT2D eigenvalue weighted by Gasteiger charge is 2.50. The van der Waals surface area contributed by atoms with E-state index in [1.807, 2.05) is 30.3 Å². The summed E-state index contributed by atoms with van der Waals surface area (Å²) >= 11 is 0. The van der Waals surface area contributed by atoms with Gasteiger partial charge in [-0.15, -0.1) is 0 Å². The lowest BCUT2D eigenvalue weighted by Crippen LogP contribution is -2.49. The molecule has 2 aromatic rings. The Kier molecular flexibility index (Phi) is 9.58. The van der Waals surface area contributed by atoms with Crippen molar-refractivity contribution in [2.75, 3.05) is 0 Å². The largest absolute Gasteiger partial charge is 0.491 e. The first-order chi connectivity index (χ1) is 18.9. The van der Waals surface area contributed by atoms with Crippen molar-refractivity contribution < 1.29 is 46.9 Å². The number of nitrogens with zero attached hydrogens (tertiary/aromatic N) is 1. The number of ether oxygens (including phenoxy) is 3. The van der Waals surface area contributed by atoms with Crippen LogP contribution in [0.2, 0.25) is 0 Å². The SMILES string of the molecule is CC(C)(C)OC(=O)N[C@@H](Cc1ccccc1)C[C@@H]1OC(C)(C)N(C(=O)O)[C@H]1Cc1ccc(OC(=O)C(F)(F)F)cc1. The first-order valence-electron chi connectivity index (χ1n) is 13.1. The Morgan fingerprint density at radius 1 is 1.02 bits per heavy atom. The van der Waals surface area contributed by atoms with Crippen LogP contribution in [0.25, 0.3) is 0 Å². The molecule has 0 aromatic heterocycles. The van der Waals surface area contributed by atoms with E-state index in [-0.39, 0.29) is 18.6 Å². The molecule has 1 aliphatic rings. The summed E-state index contributed by atoms with van der Waals surface area (Å²) in [6.45, 7) is 8.50. The number of carboxylic acid groups (broad SMARTS) is 1. The third kappa shape index (κ3) is 9.10. The van der Waals surface area contributed by atoms with Gasteiger partial charge in [0.2, 0.25) is 0 Å². The minimum Gasteiger partial charge on any atom is -0.465 e. The highest BCUT2D eigenvalue weighted by atomic mass is 19.4. The summed E-state index contributed by atoms with van der Waals surface area (Å²) in [6.07, 6.45) is -6.80. The summed E-state index contributed by atoms with van der Waals surface area (Å²) in [7, 11) is 0. The number of hydrogen-bond acceptors (Lipinski definition) is 6. The molecule has 0 aliphatic carbocycles. The standard InChI is InChI=1S/C29H35F3N2O7/c1-27(2,3)41-25(36)33-20(15-18-9-7-6-8-10-18)17-23-22(34(26(37)38)28(4,5)40-23)16-19-11-13-21(14-12-19)39-24(35)29(30,31)32/h6-14,20,22-23H,15-17H2,1-5H3,(H,33,36)(H,37,38)/t20-,22-,23-/m0/s1. The van der Waals surface area contributed by atoms with Crippen molar-refractivity contribution in [2.24, 2.45) is 0 Å². The smallest absolute Gasteiger partial charge is 0.465 e. The van der Waals surface area contributed by atoms with Gasteiger partial charge in [-0.05, 0) is 77.1 Å². The van der Waals surface area contributed by atoms with E-state index < -0.39 is 53.8 Å². The highest BCUT2D eigenvalue weighted by Crippen LogP contribution is 2.36. The van der Waals surface area contributed by atoms with E-state index in [0.717, 1.165) is 5.56 Å². The van der Waals surface area contributed by atoms with Crippen molar-refractivity contribution >= 4 is 18.2 Å². The fraction of sp³-hybridized carbons (Fsp3) is 0.483. The van der Waals surface area contributed by atoms with Crippen molar-refractivity contribution in [1.82, 2.24) is 10.2 Å². The van der Waals surface area contributed by atoms with Crippen molar-refractivity contribution in [3.8, 4) is 5.75 Å². The van der Waals surface area contributed by atoms with Gasteiger partial charge in [0.05, 0.1) is 12.1 Å². The monoisotopic (exact) mass is 580 g/mol. The maximum absolute atomic E-state index is 12.7. The number of carbonyl (C=O) groups is 3. The minimum absolute atomic E-state index is 0.151. The van der Waals surface area contributed by atoms with Gasteiger partial charge in [0, 0.05) is 6.04 Å². The van der Waals surface area contributed by atoms with E-state index in [1.54, 1.807) is 34.6 Å². The van der Waals surface area contributed by atoms with Crippen LogP contribution < -0.4 is 10.1 Å². The number of hydrogen-bond donors (Lipinski definition) is 2. The Morgan fingerprint density at radius 2 is 1.63 bits per heavy atom. The first-order valence-corrected chi connectivity index (χ1v) is 13.1. The Labute approximate surface area is 236 Å². The minimum atomic E-state index is -5.13. The van der Waals surface area contributed by atoms with Gasteiger partial charge in [-0.3, -0.25) is 4.90 Å². The lowest BCUT2D eigenvalue weighted by molar-refractivity contribution is -0.189. The lowest BCUT2D eigenvalue weighted by Gasteiger charge is -2.31. The van der Waals surface area contributed by atoms with Crippen molar-refractivity contribution in [1.29, 1.82) is 0 Å². The molecular weight excluding hydrogens is 545 g/mol. The van der Waals surface area contributed by atoms with Crippen LogP contribution in [0.5, 0.6) is 5.75 Å². The van der Waals surface area contributed by atoms with E-state index >= 15 is 0 Å². The molecule has 224 valence electrons. The summed E-state index contributed by atoms with van der Waals surface area (Å²) in [6, 6.07) is 13.6. The van der Waals surface area contributed by atoms with Gasteiger partial charge < -0.3 is 24.6 Å². The molecule has 1 fully saturated rings. The highest BCUT2D eigenvalue weighted by molar-refractivity contribution is 5.78. The second-order valence-electron chi connectivity index (χ2n) is 11.3. The van der Waals surface area contributed by atoms with Crippen LogP contribution in [-0.2, 0) is 27.1 Å². The number of alkyl carbamates (subject to hydrolysis) is 1. The second kappa shape index (κ2) is 12.4. The van der Waals surface area contributed by atoms with E-state index in [2.05, 4.69) is 10.1 Å². The van der Waals surface area contributed by atoms with E-state index in [0.29, 0.717) is 12.0 Å². The fourth-order valence-corrected chi connectivity index (χ4v) is 4.82. The van der Waals surface area contributed by atoms with Gasteiger partial charge in [0.25, 0.3) is 0 Å². The van der Waals surface area contributed by atoms with Crippen LogP contribution in [0.1, 0.15) is 52.2 Å². The molecule has 1 heterocycles. The van der Waals surface area contributed by atoms with Gasteiger partial charge in [0.1, 0.15) is 17.1 Å². The van der Waals surface area contributed by atoms with E-state index in [1.165, 1.54) is 29.2 Å². The number of carbonyl (C=O) groups excluding carboxylic acids is 2. The molecule has 12 heteroatoms. The Balaban J connectivity index is 1.85. The number of halogens is 3. The van der Waals surface area contributed by atoms with Crippen LogP contribution in [0.3, 0.4) is 0 Å². The average molecular weight is 581 g/mol. The maximum atomic E-state index is 12.7. The molecule has 9 nitrogen and oxygen atoms in total. The Bertz CT molecular complexity index is 1210. The van der Waals surface area contributed by atoms with Gasteiger partial charge in [-0.2, -0.15) is 13.2 Å². The van der Waals surface area contributed by atoms with Crippen LogP contribution >= 0.6 is 0 Å². The number of alkyl halides is 3. The zero-order chi connectivity index (χ0) is 30.6. The lowest BCUT2D eigenvalue weighted by atomic mass is 9.93. The molecule has 2 amide bonds. The molecule has 3 rings (SSSR count). The van der Waals surface area contributed by atoms with Crippen LogP contribution in [0.15, 0.2) is 54.6 Å². The molecule has 2 N–H and O–H groups in total. The number of esters is 1. The molecule has 1 saturated heterocycles. The molecule has 2 aromatic carbocycles. The number of amides is 2. The average Bonchev–Trinajstić information content (AvgIpc) is 3.07. The van der Waals surface area contributed by atoms with Gasteiger partial charge in [0.15, 0.2) is 0 Å². The maximum Gasteiger partial charge on any atom is 0.491 e. The quantitative estimate of drug-likeness (QED) is 0.304. The Morgan fingerprint density at radius 3 is 2.17 bits per heavy atom. The summed E-state index contributed by atoms with van der Waals surface area (Å²) in [5.41, 5.74) is -0.399. The molecule has 0 saturated carbocycles. The van der Waals surface area contributed by atoms with Crippen LogP contribution in [-0.4, -0.2) is 63.9 Å². The molecule has 1 aliphatic heterocycles. The summed E-state index contributed by atoms with van der Waals surface area (Å²) in [4.78, 5) is 37.4. The van der Waals surface area contributed by atoms with Crippen LogP contribution in [0, 0.1) is 0 Å². The molecule has 0 radical (unpaired) electrons. The third-order valence-electron chi connectivity index (χ3n) is 6.36. The van der Waals surface area contributed by atoms with Gasteiger partial charge in [-0.25, -0.2) is 14.4 Å². The predicted octanol–water partition coefficient (Wildman–Crippen LogP) is 5.71. The van der Waals surface area contributed by atoms with Crippen LogP contribution in [0.4, 0.5) is 22.8 Å². The van der Waals surface area contributed by atoms with Gasteiger partial charge in [-0.1, -0.05) is 42.5 Å². The second-order valence-corrected chi connectivity index (χ2v) is 11.3. The van der Waals surface area contributed by atoms with E-state index in [4.69, 9.17) is 9.47 Å². The molecule has 41 heavy (non-hydrogen) atoms. The predicted molar refractivity (Wildman–Crippen MR) is 142 cm³/mol. The third-order valence-corrected chi connectivity index (χ3v) is 6.36. The zero-order valence-corrected chi connectivity index (χ0v) is 23.5. The van der Waals surface area contributed by atoms with Crippen molar-refractivity contribution in [3.63, 3.8) is 0 Å². The zero-order valence-electron chi connectivity index (χ0n) is 23.5. The molecule has 0 bridgehead atoms.